The third-order valence-corrected chi connectivity index (χ3v) is 4.61. The molecule has 3 nitrogen and oxygen atoms in total. The molecule has 1 saturated heterocycles. The van der Waals surface area contributed by atoms with E-state index >= 15 is 0 Å². The summed E-state index contributed by atoms with van der Waals surface area (Å²) in [6, 6.07) is 3.05. The van der Waals surface area contributed by atoms with Crippen molar-refractivity contribution in [1.29, 1.82) is 0 Å². The highest BCUT2D eigenvalue weighted by Gasteiger charge is 2.22. The van der Waals surface area contributed by atoms with Gasteiger partial charge in [-0.05, 0) is 6.42 Å². The van der Waals surface area contributed by atoms with Gasteiger partial charge in [0, 0.05) is 36.2 Å². The minimum atomic E-state index is -0.405. The fourth-order valence-electron chi connectivity index (χ4n) is 2.17. The van der Waals surface area contributed by atoms with Crippen molar-refractivity contribution in [2.45, 2.75) is 18.6 Å². The summed E-state index contributed by atoms with van der Waals surface area (Å²) < 4.78 is 18.5. The van der Waals surface area contributed by atoms with Crippen LogP contribution in [0.15, 0.2) is 12.1 Å². The highest BCUT2D eigenvalue weighted by molar-refractivity contribution is 8.00. The zero-order valence-corrected chi connectivity index (χ0v) is 11.6. The first-order chi connectivity index (χ1) is 8.65. The topological polar surface area (TPSA) is 38.5 Å². The van der Waals surface area contributed by atoms with Crippen LogP contribution < -0.4 is 15.4 Å². The van der Waals surface area contributed by atoms with Crippen LogP contribution >= 0.6 is 11.8 Å². The van der Waals surface area contributed by atoms with Gasteiger partial charge in [0.1, 0.15) is 0 Å². The molecular formula is C13H19FN2OS. The van der Waals surface area contributed by atoms with Gasteiger partial charge in [0.05, 0.1) is 18.5 Å². The van der Waals surface area contributed by atoms with Crippen LogP contribution in [-0.2, 0) is 0 Å². The van der Waals surface area contributed by atoms with Gasteiger partial charge in [-0.1, -0.05) is 6.92 Å². The summed E-state index contributed by atoms with van der Waals surface area (Å²) in [5.74, 6) is 0.931. The summed E-state index contributed by atoms with van der Waals surface area (Å²) >= 11 is 1.99. The van der Waals surface area contributed by atoms with E-state index in [1.54, 1.807) is 6.07 Å². The Kier molecular flexibility index (Phi) is 4.22. The molecule has 2 rings (SSSR count). The van der Waals surface area contributed by atoms with E-state index in [4.69, 9.17) is 10.5 Å². The maximum atomic E-state index is 13.5. The van der Waals surface area contributed by atoms with E-state index in [2.05, 4.69) is 11.8 Å². The molecule has 100 valence electrons. The van der Waals surface area contributed by atoms with Crippen molar-refractivity contribution in [3.63, 3.8) is 0 Å². The van der Waals surface area contributed by atoms with Crippen molar-refractivity contribution in [3.05, 3.63) is 17.9 Å². The molecule has 0 saturated carbocycles. The Morgan fingerprint density at radius 1 is 1.56 bits per heavy atom. The number of hydrogen-bond donors (Lipinski definition) is 1. The Balaban J connectivity index is 2.26. The van der Waals surface area contributed by atoms with Crippen LogP contribution in [-0.4, -0.2) is 31.2 Å². The number of anilines is 2. The van der Waals surface area contributed by atoms with Crippen molar-refractivity contribution >= 4 is 23.1 Å². The monoisotopic (exact) mass is 270 g/mol. The van der Waals surface area contributed by atoms with E-state index in [0.29, 0.717) is 10.9 Å². The number of rotatable bonds is 3. The average Bonchev–Trinajstić information content (AvgIpc) is 2.39. The lowest BCUT2D eigenvalue weighted by molar-refractivity contribution is 0.386. The van der Waals surface area contributed by atoms with Crippen LogP contribution in [0.2, 0.25) is 0 Å². The maximum absolute atomic E-state index is 13.5. The summed E-state index contributed by atoms with van der Waals surface area (Å²) in [5, 5.41) is 0.620. The van der Waals surface area contributed by atoms with E-state index in [-0.39, 0.29) is 5.75 Å². The lowest BCUT2D eigenvalue weighted by Gasteiger charge is -2.34. The van der Waals surface area contributed by atoms with Crippen LogP contribution in [0.3, 0.4) is 0 Å². The summed E-state index contributed by atoms with van der Waals surface area (Å²) in [5.41, 5.74) is 7.28. The van der Waals surface area contributed by atoms with Gasteiger partial charge < -0.3 is 15.4 Å². The lowest BCUT2D eigenvalue weighted by atomic mass is 10.2. The number of benzene rings is 1. The molecule has 1 aromatic carbocycles. The summed E-state index contributed by atoms with van der Waals surface area (Å²) in [6.45, 7) is 4.09. The molecule has 0 amide bonds. The molecule has 1 fully saturated rings. The van der Waals surface area contributed by atoms with Crippen LogP contribution in [0.4, 0.5) is 15.8 Å². The van der Waals surface area contributed by atoms with Crippen LogP contribution in [0.1, 0.15) is 13.3 Å². The third-order valence-electron chi connectivity index (χ3n) is 3.24. The molecule has 5 heteroatoms. The number of nitrogens with two attached hydrogens (primary N) is 1. The first kappa shape index (κ1) is 13.3. The van der Waals surface area contributed by atoms with Gasteiger partial charge in [-0.2, -0.15) is 11.8 Å². The first-order valence-electron chi connectivity index (χ1n) is 6.15. The third kappa shape index (κ3) is 2.66. The SMILES string of the molecule is CCC1CN(c2cc(OC)c(F)cc2N)CCS1. The molecule has 0 bridgehead atoms. The molecule has 1 heterocycles. The smallest absolute Gasteiger partial charge is 0.167 e. The predicted molar refractivity (Wildman–Crippen MR) is 76.1 cm³/mol. The second-order valence-corrected chi connectivity index (χ2v) is 5.80. The van der Waals surface area contributed by atoms with Crippen molar-refractivity contribution in [1.82, 2.24) is 0 Å². The van der Waals surface area contributed by atoms with Gasteiger partial charge in [0.25, 0.3) is 0 Å². The Morgan fingerprint density at radius 2 is 2.33 bits per heavy atom. The van der Waals surface area contributed by atoms with Crippen molar-refractivity contribution < 1.29 is 9.13 Å². The Labute approximate surface area is 111 Å². The van der Waals surface area contributed by atoms with Crippen LogP contribution in [0, 0.1) is 5.82 Å². The van der Waals surface area contributed by atoms with Gasteiger partial charge in [-0.25, -0.2) is 4.39 Å². The Hall–Kier alpha value is -1.10. The summed E-state index contributed by atoms with van der Waals surface area (Å²) in [6.07, 6.45) is 1.14. The number of nitrogen functional groups attached to an aromatic ring is 1. The van der Waals surface area contributed by atoms with E-state index in [1.165, 1.54) is 13.2 Å². The molecule has 1 unspecified atom stereocenters. The number of methoxy groups -OCH3 is 1. The van der Waals surface area contributed by atoms with Gasteiger partial charge in [-0.3, -0.25) is 0 Å². The Morgan fingerprint density at radius 3 is 3.00 bits per heavy atom. The predicted octanol–water partition coefficient (Wildman–Crippen LogP) is 2.75. The van der Waals surface area contributed by atoms with Crippen LogP contribution in [0.5, 0.6) is 5.75 Å². The molecule has 18 heavy (non-hydrogen) atoms. The zero-order chi connectivity index (χ0) is 13.1. The number of thioether (sulfide) groups is 1. The lowest BCUT2D eigenvalue weighted by Crippen LogP contribution is -2.38. The second-order valence-electron chi connectivity index (χ2n) is 4.39. The highest BCUT2D eigenvalue weighted by Crippen LogP contribution is 2.34. The van der Waals surface area contributed by atoms with Gasteiger partial charge >= 0.3 is 0 Å². The molecule has 1 aromatic rings. The highest BCUT2D eigenvalue weighted by atomic mass is 32.2. The van der Waals surface area contributed by atoms with Crippen LogP contribution in [0.25, 0.3) is 0 Å². The molecular weight excluding hydrogens is 251 g/mol. The number of nitrogens with zero attached hydrogens (tertiary/aromatic N) is 1. The summed E-state index contributed by atoms with van der Waals surface area (Å²) in [7, 11) is 1.47. The number of ether oxygens (including phenoxy) is 1. The molecule has 0 aromatic heterocycles. The quantitative estimate of drug-likeness (QED) is 0.857. The zero-order valence-electron chi connectivity index (χ0n) is 10.8. The minimum absolute atomic E-state index is 0.255. The molecule has 1 aliphatic heterocycles. The molecule has 1 atom stereocenters. The van der Waals surface area contributed by atoms with Crippen molar-refractivity contribution in [2.75, 3.05) is 36.6 Å². The maximum Gasteiger partial charge on any atom is 0.167 e. The van der Waals surface area contributed by atoms with E-state index in [1.807, 2.05) is 11.8 Å². The normalized spacial score (nSPS) is 19.9. The second kappa shape index (κ2) is 5.69. The number of halogens is 1. The molecule has 1 aliphatic rings. The Bertz CT molecular complexity index is 428. The van der Waals surface area contributed by atoms with E-state index in [9.17, 15) is 4.39 Å². The van der Waals surface area contributed by atoms with E-state index < -0.39 is 5.82 Å². The molecule has 2 N–H and O–H groups in total. The van der Waals surface area contributed by atoms with Gasteiger partial charge in [0.15, 0.2) is 11.6 Å². The minimum Gasteiger partial charge on any atom is -0.494 e. The standard InChI is InChI=1S/C13H19FN2OS/c1-3-9-8-16(4-5-18-9)12-7-13(17-2)10(14)6-11(12)15/h6-7,9H,3-5,8,15H2,1-2H3. The van der Waals surface area contributed by atoms with Gasteiger partial charge in [0.2, 0.25) is 0 Å². The van der Waals surface area contributed by atoms with Crippen molar-refractivity contribution in [3.8, 4) is 5.75 Å². The average molecular weight is 270 g/mol. The fourth-order valence-corrected chi connectivity index (χ4v) is 3.35. The van der Waals surface area contributed by atoms with E-state index in [0.717, 1.165) is 31.0 Å². The largest absolute Gasteiger partial charge is 0.494 e. The van der Waals surface area contributed by atoms with Crippen molar-refractivity contribution in [2.24, 2.45) is 0 Å². The summed E-state index contributed by atoms with van der Waals surface area (Å²) in [4.78, 5) is 2.22. The molecule has 0 radical (unpaired) electrons. The molecule has 0 aliphatic carbocycles. The number of hydrogen-bond acceptors (Lipinski definition) is 4. The molecule has 0 spiro atoms. The fraction of sp³-hybridized carbons (Fsp3) is 0.538. The van der Waals surface area contributed by atoms with Gasteiger partial charge in [-0.15, -0.1) is 0 Å². The first-order valence-corrected chi connectivity index (χ1v) is 7.20.